The van der Waals surface area contributed by atoms with E-state index in [1.54, 1.807) is 18.2 Å². The van der Waals surface area contributed by atoms with E-state index in [9.17, 15) is 0 Å². The van der Waals surface area contributed by atoms with Crippen LogP contribution in [0.4, 0.5) is 0 Å². The van der Waals surface area contributed by atoms with Gasteiger partial charge >= 0.3 is 0 Å². The zero-order chi connectivity index (χ0) is 9.84. The van der Waals surface area contributed by atoms with Crippen LogP contribution in [0.15, 0.2) is 23.2 Å². The van der Waals surface area contributed by atoms with Crippen molar-refractivity contribution < 1.29 is 0 Å². The molecule has 0 aliphatic carbocycles. The zero-order valence-electron chi connectivity index (χ0n) is 6.74. The minimum atomic E-state index is -0.743. The van der Waals surface area contributed by atoms with E-state index >= 15 is 0 Å². The lowest BCUT2D eigenvalue weighted by Gasteiger charge is -2.01. The van der Waals surface area contributed by atoms with Crippen LogP contribution in [0.2, 0.25) is 10.0 Å². The van der Waals surface area contributed by atoms with Gasteiger partial charge in [-0.05, 0) is 12.1 Å². The van der Waals surface area contributed by atoms with Crippen molar-refractivity contribution in [3.05, 3.63) is 33.8 Å². The molecule has 0 heterocycles. The Kier molecular flexibility index (Phi) is 3.69. The standard InChI is InChI=1S/C8H9Cl2N3/c9-6-2-1-3-7(10)5(6)4-13-8(11)12/h1-4,8H,11-12H2/b13-4+. The van der Waals surface area contributed by atoms with E-state index < -0.39 is 6.29 Å². The minimum Gasteiger partial charge on any atom is -0.298 e. The summed E-state index contributed by atoms with van der Waals surface area (Å²) in [5, 5.41) is 1.05. The van der Waals surface area contributed by atoms with Crippen LogP contribution in [-0.2, 0) is 0 Å². The number of hydrogen-bond acceptors (Lipinski definition) is 3. The monoisotopic (exact) mass is 217 g/mol. The van der Waals surface area contributed by atoms with E-state index in [1.807, 2.05) is 0 Å². The number of aliphatic imine (C=N–C) groups is 1. The van der Waals surface area contributed by atoms with E-state index in [2.05, 4.69) is 4.99 Å². The molecule has 13 heavy (non-hydrogen) atoms. The number of hydrogen-bond donors (Lipinski definition) is 2. The van der Waals surface area contributed by atoms with Crippen molar-refractivity contribution in [1.29, 1.82) is 0 Å². The highest BCUT2D eigenvalue weighted by Crippen LogP contribution is 2.21. The molecule has 70 valence electrons. The Morgan fingerprint density at radius 3 is 2.23 bits per heavy atom. The van der Waals surface area contributed by atoms with Gasteiger partial charge < -0.3 is 0 Å². The summed E-state index contributed by atoms with van der Waals surface area (Å²) in [6, 6.07) is 5.19. The molecule has 0 radical (unpaired) electrons. The van der Waals surface area contributed by atoms with Crippen LogP contribution in [0.5, 0.6) is 0 Å². The molecule has 4 N–H and O–H groups in total. The Balaban J connectivity index is 3.00. The van der Waals surface area contributed by atoms with Gasteiger partial charge in [-0.2, -0.15) is 0 Å². The average molecular weight is 218 g/mol. The fourth-order valence-electron chi connectivity index (χ4n) is 0.795. The lowest BCUT2D eigenvalue weighted by Crippen LogP contribution is -2.27. The zero-order valence-corrected chi connectivity index (χ0v) is 8.26. The summed E-state index contributed by atoms with van der Waals surface area (Å²) < 4.78 is 0. The SMILES string of the molecule is NC(N)/N=C/c1c(Cl)cccc1Cl. The molecule has 1 aromatic carbocycles. The maximum atomic E-state index is 5.86. The lowest BCUT2D eigenvalue weighted by atomic mass is 10.2. The summed E-state index contributed by atoms with van der Waals surface area (Å²) in [5.74, 6) is 0. The van der Waals surface area contributed by atoms with Gasteiger partial charge in [-0.1, -0.05) is 29.3 Å². The van der Waals surface area contributed by atoms with Crippen molar-refractivity contribution in [3.63, 3.8) is 0 Å². The highest BCUT2D eigenvalue weighted by Gasteiger charge is 2.01. The summed E-state index contributed by atoms with van der Waals surface area (Å²) >= 11 is 11.7. The molecule has 0 amide bonds. The topological polar surface area (TPSA) is 64.4 Å². The highest BCUT2D eigenvalue weighted by molar-refractivity contribution is 6.38. The van der Waals surface area contributed by atoms with Gasteiger partial charge in [-0.3, -0.25) is 16.5 Å². The van der Waals surface area contributed by atoms with Crippen LogP contribution in [0.1, 0.15) is 5.56 Å². The molecule has 0 aliphatic rings. The van der Waals surface area contributed by atoms with Crippen LogP contribution in [0.3, 0.4) is 0 Å². The molecular weight excluding hydrogens is 209 g/mol. The van der Waals surface area contributed by atoms with E-state index in [0.717, 1.165) is 0 Å². The van der Waals surface area contributed by atoms with Gasteiger partial charge in [0.05, 0.1) is 10.0 Å². The van der Waals surface area contributed by atoms with E-state index in [-0.39, 0.29) is 0 Å². The minimum absolute atomic E-state index is 0.525. The first kappa shape index (κ1) is 10.5. The molecule has 0 aromatic heterocycles. The quantitative estimate of drug-likeness (QED) is 0.585. The van der Waals surface area contributed by atoms with Crippen molar-refractivity contribution in [2.75, 3.05) is 0 Å². The highest BCUT2D eigenvalue weighted by atomic mass is 35.5. The molecule has 1 rings (SSSR count). The van der Waals surface area contributed by atoms with E-state index in [4.69, 9.17) is 34.7 Å². The van der Waals surface area contributed by atoms with Crippen molar-refractivity contribution in [1.82, 2.24) is 0 Å². The normalized spacial score (nSPS) is 11.5. The van der Waals surface area contributed by atoms with Crippen molar-refractivity contribution in [2.24, 2.45) is 16.5 Å². The molecular formula is C8H9Cl2N3. The van der Waals surface area contributed by atoms with Gasteiger partial charge in [0, 0.05) is 11.8 Å². The predicted molar refractivity (Wildman–Crippen MR) is 56.2 cm³/mol. The predicted octanol–water partition coefficient (Wildman–Crippen LogP) is 1.61. The molecule has 5 heteroatoms. The Bertz CT molecular complexity index is 303. The Morgan fingerprint density at radius 2 is 1.77 bits per heavy atom. The second-order valence-electron chi connectivity index (χ2n) is 2.40. The Hall–Kier alpha value is -0.610. The van der Waals surface area contributed by atoms with Crippen LogP contribution >= 0.6 is 23.2 Å². The molecule has 0 aliphatic heterocycles. The maximum absolute atomic E-state index is 5.86. The average Bonchev–Trinajstić information content (AvgIpc) is 2.03. The molecule has 3 nitrogen and oxygen atoms in total. The first-order chi connectivity index (χ1) is 6.11. The van der Waals surface area contributed by atoms with Crippen LogP contribution < -0.4 is 11.5 Å². The fraction of sp³-hybridized carbons (Fsp3) is 0.125. The number of halogens is 2. The lowest BCUT2D eigenvalue weighted by molar-refractivity contribution is 0.756. The van der Waals surface area contributed by atoms with Gasteiger partial charge in [0.15, 0.2) is 0 Å². The largest absolute Gasteiger partial charge is 0.298 e. The molecule has 0 atom stereocenters. The first-order valence-corrected chi connectivity index (χ1v) is 4.35. The van der Waals surface area contributed by atoms with Crippen molar-refractivity contribution in [2.45, 2.75) is 6.29 Å². The molecule has 0 bridgehead atoms. The van der Waals surface area contributed by atoms with Crippen LogP contribution in [0.25, 0.3) is 0 Å². The Morgan fingerprint density at radius 1 is 1.23 bits per heavy atom. The van der Waals surface area contributed by atoms with Crippen LogP contribution in [-0.4, -0.2) is 12.5 Å². The molecule has 1 aromatic rings. The fourth-order valence-corrected chi connectivity index (χ4v) is 1.29. The smallest absolute Gasteiger partial charge is 0.148 e. The van der Waals surface area contributed by atoms with Crippen LogP contribution in [0, 0.1) is 0 Å². The first-order valence-electron chi connectivity index (χ1n) is 3.59. The molecule has 0 spiro atoms. The van der Waals surface area contributed by atoms with Gasteiger partial charge in [0.25, 0.3) is 0 Å². The third kappa shape index (κ3) is 2.97. The number of rotatable bonds is 2. The van der Waals surface area contributed by atoms with Gasteiger partial charge in [0.1, 0.15) is 6.29 Å². The number of nitrogens with zero attached hydrogens (tertiary/aromatic N) is 1. The third-order valence-corrected chi connectivity index (χ3v) is 2.03. The second kappa shape index (κ2) is 4.58. The maximum Gasteiger partial charge on any atom is 0.148 e. The van der Waals surface area contributed by atoms with Gasteiger partial charge in [-0.15, -0.1) is 0 Å². The number of nitrogens with two attached hydrogens (primary N) is 2. The molecule has 0 saturated carbocycles. The summed E-state index contributed by atoms with van der Waals surface area (Å²) in [5.41, 5.74) is 11.1. The summed E-state index contributed by atoms with van der Waals surface area (Å²) in [4.78, 5) is 3.78. The van der Waals surface area contributed by atoms with E-state index in [1.165, 1.54) is 6.21 Å². The molecule has 0 fully saturated rings. The van der Waals surface area contributed by atoms with Crippen molar-refractivity contribution >= 4 is 29.4 Å². The van der Waals surface area contributed by atoms with Crippen molar-refractivity contribution in [3.8, 4) is 0 Å². The second-order valence-corrected chi connectivity index (χ2v) is 3.22. The summed E-state index contributed by atoms with van der Waals surface area (Å²) in [7, 11) is 0. The summed E-state index contributed by atoms with van der Waals surface area (Å²) in [6.45, 7) is 0. The van der Waals surface area contributed by atoms with Gasteiger partial charge in [-0.25, -0.2) is 0 Å². The molecule has 0 unspecified atom stereocenters. The third-order valence-electron chi connectivity index (χ3n) is 1.38. The van der Waals surface area contributed by atoms with E-state index in [0.29, 0.717) is 15.6 Å². The molecule has 0 saturated heterocycles. The number of benzene rings is 1. The Labute approximate surface area is 86.3 Å². The van der Waals surface area contributed by atoms with Gasteiger partial charge in [0.2, 0.25) is 0 Å². The summed E-state index contributed by atoms with van der Waals surface area (Å²) in [6.07, 6.45) is 0.724.